The van der Waals surface area contributed by atoms with Crippen molar-refractivity contribution in [2.45, 2.75) is 31.9 Å². The van der Waals surface area contributed by atoms with Crippen LogP contribution in [0.2, 0.25) is 0 Å². The molecule has 3 aromatic heterocycles. The van der Waals surface area contributed by atoms with Gasteiger partial charge in [-0.1, -0.05) is 6.07 Å². The number of nitrogens with one attached hydrogen (secondary N) is 1. The average Bonchev–Trinajstić information content (AvgIpc) is 2.99. The van der Waals surface area contributed by atoms with E-state index in [9.17, 15) is 9.90 Å². The first kappa shape index (κ1) is 17.4. The van der Waals surface area contributed by atoms with E-state index in [0.717, 1.165) is 5.56 Å². The summed E-state index contributed by atoms with van der Waals surface area (Å²) in [5.41, 5.74) is 1.96. The van der Waals surface area contributed by atoms with Crippen LogP contribution in [-0.2, 0) is 0 Å². The molecule has 140 valence electrons. The SMILES string of the molecule is COc1ccc(C(NC(=O)c2c(C)nc3ncccn23)C2CC(O)C2)cn1. The lowest BCUT2D eigenvalue weighted by Gasteiger charge is -2.38. The Balaban J connectivity index is 1.64. The summed E-state index contributed by atoms with van der Waals surface area (Å²) in [7, 11) is 1.56. The summed E-state index contributed by atoms with van der Waals surface area (Å²) in [6, 6.07) is 5.18. The van der Waals surface area contributed by atoms with Crippen LogP contribution in [0.4, 0.5) is 0 Å². The molecule has 1 aliphatic carbocycles. The van der Waals surface area contributed by atoms with Crippen molar-refractivity contribution in [2.75, 3.05) is 7.11 Å². The zero-order valence-corrected chi connectivity index (χ0v) is 15.2. The van der Waals surface area contributed by atoms with Crippen molar-refractivity contribution in [1.82, 2.24) is 24.7 Å². The zero-order valence-electron chi connectivity index (χ0n) is 15.2. The minimum atomic E-state index is -0.317. The Hall–Kier alpha value is -3.00. The van der Waals surface area contributed by atoms with Crippen LogP contribution in [0, 0.1) is 12.8 Å². The van der Waals surface area contributed by atoms with Crippen LogP contribution >= 0.6 is 0 Å². The van der Waals surface area contributed by atoms with Crippen LogP contribution in [0.25, 0.3) is 5.78 Å². The quantitative estimate of drug-likeness (QED) is 0.711. The van der Waals surface area contributed by atoms with Crippen LogP contribution in [0.15, 0.2) is 36.8 Å². The molecule has 8 nitrogen and oxygen atoms in total. The van der Waals surface area contributed by atoms with E-state index in [4.69, 9.17) is 4.74 Å². The van der Waals surface area contributed by atoms with Crippen molar-refractivity contribution in [3.8, 4) is 5.88 Å². The molecular formula is C19H21N5O3. The van der Waals surface area contributed by atoms with Gasteiger partial charge in [0, 0.05) is 24.7 Å². The van der Waals surface area contributed by atoms with Gasteiger partial charge in [-0.15, -0.1) is 0 Å². The summed E-state index contributed by atoms with van der Waals surface area (Å²) in [6.45, 7) is 1.79. The number of aryl methyl sites for hydroxylation is 1. The van der Waals surface area contributed by atoms with Crippen molar-refractivity contribution in [2.24, 2.45) is 5.92 Å². The highest BCUT2D eigenvalue weighted by atomic mass is 16.5. The molecule has 3 heterocycles. The normalized spacial score (nSPS) is 20.1. The van der Waals surface area contributed by atoms with E-state index < -0.39 is 0 Å². The molecule has 0 radical (unpaired) electrons. The third kappa shape index (κ3) is 3.23. The van der Waals surface area contributed by atoms with E-state index in [0.29, 0.717) is 35.9 Å². The molecule has 1 amide bonds. The van der Waals surface area contributed by atoms with Gasteiger partial charge in [0.15, 0.2) is 0 Å². The maximum absolute atomic E-state index is 13.1. The number of imidazole rings is 1. The monoisotopic (exact) mass is 367 g/mol. The number of amides is 1. The summed E-state index contributed by atoms with van der Waals surface area (Å²) in [6.07, 6.45) is 6.09. The number of aliphatic hydroxyl groups is 1. The largest absolute Gasteiger partial charge is 0.481 e. The van der Waals surface area contributed by atoms with Gasteiger partial charge in [0.05, 0.1) is 24.9 Å². The van der Waals surface area contributed by atoms with Gasteiger partial charge in [-0.25, -0.2) is 15.0 Å². The molecule has 1 aliphatic rings. The average molecular weight is 367 g/mol. The number of carbonyl (C=O) groups excluding carboxylic acids is 1. The summed E-state index contributed by atoms with van der Waals surface area (Å²) < 4.78 is 6.80. The van der Waals surface area contributed by atoms with Gasteiger partial charge in [0.2, 0.25) is 11.7 Å². The van der Waals surface area contributed by atoms with Gasteiger partial charge in [0.1, 0.15) is 5.69 Å². The predicted molar refractivity (Wildman–Crippen MR) is 97.5 cm³/mol. The second-order valence-electron chi connectivity index (χ2n) is 6.81. The van der Waals surface area contributed by atoms with Gasteiger partial charge in [0.25, 0.3) is 5.91 Å². The first-order chi connectivity index (χ1) is 13.1. The molecule has 1 saturated carbocycles. The smallest absolute Gasteiger partial charge is 0.270 e. The number of aliphatic hydroxyl groups excluding tert-OH is 1. The van der Waals surface area contributed by atoms with Crippen molar-refractivity contribution in [3.05, 3.63) is 53.7 Å². The van der Waals surface area contributed by atoms with E-state index in [1.54, 1.807) is 49.2 Å². The van der Waals surface area contributed by atoms with Crippen molar-refractivity contribution < 1.29 is 14.6 Å². The van der Waals surface area contributed by atoms with Crippen molar-refractivity contribution >= 4 is 11.7 Å². The first-order valence-electron chi connectivity index (χ1n) is 8.85. The molecule has 0 saturated heterocycles. The lowest BCUT2D eigenvalue weighted by molar-refractivity contribution is 0.0234. The number of methoxy groups -OCH3 is 1. The highest BCUT2D eigenvalue weighted by Crippen LogP contribution is 2.38. The van der Waals surface area contributed by atoms with Crippen LogP contribution < -0.4 is 10.1 Å². The number of rotatable bonds is 5. The van der Waals surface area contributed by atoms with Gasteiger partial charge in [-0.3, -0.25) is 9.20 Å². The van der Waals surface area contributed by atoms with E-state index in [1.807, 2.05) is 6.07 Å². The van der Waals surface area contributed by atoms with Crippen LogP contribution in [-0.4, -0.2) is 43.6 Å². The molecule has 0 aromatic carbocycles. The number of hydrogen-bond donors (Lipinski definition) is 2. The highest BCUT2D eigenvalue weighted by Gasteiger charge is 2.36. The molecule has 0 spiro atoms. The Morgan fingerprint density at radius 2 is 2.19 bits per heavy atom. The Kier molecular flexibility index (Phi) is 4.49. The van der Waals surface area contributed by atoms with Gasteiger partial charge < -0.3 is 15.2 Å². The molecule has 4 rings (SSSR count). The molecule has 3 aromatic rings. The third-order valence-electron chi connectivity index (χ3n) is 5.03. The van der Waals surface area contributed by atoms with Gasteiger partial charge in [-0.05, 0) is 37.3 Å². The van der Waals surface area contributed by atoms with E-state index in [1.165, 1.54) is 0 Å². The first-order valence-corrected chi connectivity index (χ1v) is 8.85. The molecule has 1 atom stereocenters. The Morgan fingerprint density at radius 1 is 1.37 bits per heavy atom. The molecule has 1 fully saturated rings. The Morgan fingerprint density at radius 3 is 2.85 bits per heavy atom. The Labute approximate surface area is 156 Å². The van der Waals surface area contributed by atoms with Crippen LogP contribution in [0.5, 0.6) is 5.88 Å². The molecule has 0 bridgehead atoms. The van der Waals surface area contributed by atoms with E-state index >= 15 is 0 Å². The van der Waals surface area contributed by atoms with Gasteiger partial charge in [-0.2, -0.15) is 0 Å². The lowest BCUT2D eigenvalue weighted by atomic mass is 9.75. The summed E-state index contributed by atoms with van der Waals surface area (Å²) in [5.74, 6) is 0.926. The number of hydrogen-bond acceptors (Lipinski definition) is 6. The van der Waals surface area contributed by atoms with E-state index in [-0.39, 0.29) is 24.0 Å². The number of ether oxygens (including phenoxy) is 1. The fourth-order valence-corrected chi connectivity index (χ4v) is 3.55. The number of pyridine rings is 1. The van der Waals surface area contributed by atoms with Crippen LogP contribution in [0.3, 0.4) is 0 Å². The topological polar surface area (TPSA) is 102 Å². The molecule has 2 N–H and O–H groups in total. The maximum Gasteiger partial charge on any atom is 0.270 e. The highest BCUT2D eigenvalue weighted by molar-refractivity contribution is 5.94. The molecular weight excluding hydrogens is 346 g/mol. The molecule has 8 heteroatoms. The fraction of sp³-hybridized carbons (Fsp3) is 0.368. The van der Waals surface area contributed by atoms with Crippen molar-refractivity contribution in [3.63, 3.8) is 0 Å². The number of fused-ring (bicyclic) bond motifs is 1. The zero-order chi connectivity index (χ0) is 19.0. The number of carbonyl (C=O) groups is 1. The third-order valence-corrected chi connectivity index (χ3v) is 5.03. The minimum absolute atomic E-state index is 0.150. The second-order valence-corrected chi connectivity index (χ2v) is 6.81. The number of nitrogens with zero attached hydrogens (tertiary/aromatic N) is 4. The van der Waals surface area contributed by atoms with Crippen molar-refractivity contribution in [1.29, 1.82) is 0 Å². The summed E-state index contributed by atoms with van der Waals surface area (Å²) in [5, 5.41) is 12.8. The number of aromatic nitrogens is 4. The Bertz CT molecular complexity index is 963. The van der Waals surface area contributed by atoms with E-state index in [2.05, 4.69) is 20.3 Å². The minimum Gasteiger partial charge on any atom is -0.481 e. The van der Waals surface area contributed by atoms with Gasteiger partial charge >= 0.3 is 0 Å². The standard InChI is InChI=1S/C19H21N5O3/c1-11-17(24-7-3-6-20-19(24)22-11)18(26)23-16(13-8-14(25)9-13)12-4-5-15(27-2)21-10-12/h3-7,10,13-14,16,25H,8-9H2,1-2H3,(H,23,26). The second kappa shape index (κ2) is 6.96. The molecule has 27 heavy (non-hydrogen) atoms. The summed E-state index contributed by atoms with van der Waals surface area (Å²) >= 11 is 0. The van der Waals surface area contributed by atoms with Crippen LogP contribution in [0.1, 0.15) is 40.6 Å². The maximum atomic E-state index is 13.1. The predicted octanol–water partition coefficient (Wildman–Crippen LogP) is 1.68. The summed E-state index contributed by atoms with van der Waals surface area (Å²) in [4.78, 5) is 25.9. The lowest BCUT2D eigenvalue weighted by Crippen LogP contribution is -2.41. The molecule has 1 unspecified atom stereocenters. The molecule has 0 aliphatic heterocycles. The fourth-order valence-electron chi connectivity index (χ4n) is 3.55.